The van der Waals surface area contributed by atoms with Crippen molar-refractivity contribution in [2.75, 3.05) is 53.4 Å². The van der Waals surface area contributed by atoms with Crippen LogP contribution in [-0.4, -0.2) is 111 Å². The van der Waals surface area contributed by atoms with E-state index in [1.54, 1.807) is 19.1 Å². The van der Waals surface area contributed by atoms with E-state index in [1.807, 2.05) is 49.3 Å². The molecule has 2 aromatic carbocycles. The molecule has 304 valence electrons. The van der Waals surface area contributed by atoms with Crippen molar-refractivity contribution in [3.63, 3.8) is 0 Å². The number of aliphatic hydroxyl groups is 2. The minimum absolute atomic E-state index is 0.0445. The summed E-state index contributed by atoms with van der Waals surface area (Å²) in [6, 6.07) is 11.1. The summed E-state index contributed by atoms with van der Waals surface area (Å²) in [6.45, 7) is 9.23. The summed E-state index contributed by atoms with van der Waals surface area (Å²) >= 11 is 0. The maximum atomic E-state index is 14.3. The summed E-state index contributed by atoms with van der Waals surface area (Å²) in [7, 11) is 9.68. The van der Waals surface area contributed by atoms with Crippen molar-refractivity contribution in [1.29, 1.82) is 0 Å². The van der Waals surface area contributed by atoms with Gasteiger partial charge in [0, 0.05) is 61.0 Å². The number of hydroxylamine groups is 2. The van der Waals surface area contributed by atoms with E-state index in [-0.39, 0.29) is 42.5 Å². The number of carbonyl (C=O) groups is 2. The molecular weight excluding hydrogens is 695 g/mol. The Balaban J connectivity index is 1.28. The van der Waals surface area contributed by atoms with Gasteiger partial charge >= 0.3 is 0 Å². The van der Waals surface area contributed by atoms with Crippen LogP contribution >= 0.6 is 0 Å². The highest BCUT2D eigenvalue weighted by molar-refractivity contribution is 5.97. The molecule has 5 aliphatic rings. The van der Waals surface area contributed by atoms with Crippen molar-refractivity contribution in [3.8, 4) is 16.9 Å². The summed E-state index contributed by atoms with van der Waals surface area (Å²) in [6.07, 6.45) is 6.43. The topological polar surface area (TPSA) is 127 Å². The molecule has 1 saturated heterocycles. The van der Waals surface area contributed by atoms with Crippen LogP contribution < -0.4 is 20.3 Å². The van der Waals surface area contributed by atoms with Gasteiger partial charge in [0.15, 0.2) is 0 Å². The lowest BCUT2D eigenvalue weighted by Gasteiger charge is -2.62. The molecule has 0 spiro atoms. The molecule has 1 heterocycles. The normalized spacial score (nSPS) is 29.0. The molecule has 5 fully saturated rings. The molecule has 0 unspecified atom stereocenters. The van der Waals surface area contributed by atoms with Crippen LogP contribution in [0.2, 0.25) is 0 Å². The first-order chi connectivity index (χ1) is 26.1. The number of amides is 2. The molecule has 1 aliphatic heterocycles. The van der Waals surface area contributed by atoms with Gasteiger partial charge in [-0.15, -0.1) is 0 Å². The van der Waals surface area contributed by atoms with Crippen LogP contribution in [0, 0.1) is 35.0 Å². The minimum atomic E-state index is -0.893. The van der Waals surface area contributed by atoms with Gasteiger partial charge in [0.25, 0.3) is 5.91 Å². The predicted octanol–water partition coefficient (Wildman–Crippen LogP) is 5.33. The number of hydrogen-bond donors (Lipinski definition) is 4. The Bertz CT molecular complexity index is 1660. The van der Waals surface area contributed by atoms with Crippen molar-refractivity contribution in [2.24, 2.45) is 35.0 Å². The van der Waals surface area contributed by atoms with Crippen molar-refractivity contribution in [1.82, 2.24) is 20.6 Å². The first-order valence-corrected chi connectivity index (χ1v) is 20.6. The lowest BCUT2D eigenvalue weighted by atomic mass is 9.45. The number of likely N-dealkylation sites (N-methyl/N-ethyl adjacent to an activating group) is 1. The standard InChI is InChI=1S/C44H67N5O6/c1-26-35-21-32(44(35,3)4)22-36(26)45-43(53)40-39(27(2)51)38(25-50)55-49(40)23-29-16-13-17-34(41(29)54-9)30-18-31(20-33(19-30)48(7)8)42(52)46-37(24-47(5)6)28-14-11-10-12-15-28/h13,16-20,26-28,32,35-40,50-51H,10-12,14-15,21-25H2,1-9H3,(H,45,53)(H,46,52)/t26-,27-,32+,35-,36-,37+,38-,39+,40-/m0/s1. The molecule has 0 aromatic heterocycles. The van der Waals surface area contributed by atoms with Crippen LogP contribution in [0.5, 0.6) is 5.75 Å². The number of aliphatic hydroxyl groups excluding tert-OH is 2. The lowest BCUT2D eigenvalue weighted by Crippen LogP contribution is -2.62. The molecule has 4 saturated carbocycles. The molecule has 55 heavy (non-hydrogen) atoms. The summed E-state index contributed by atoms with van der Waals surface area (Å²) in [5.74, 6) is 1.62. The zero-order valence-corrected chi connectivity index (χ0v) is 34.7. The fraction of sp³-hybridized carbons (Fsp3) is 0.682. The molecule has 0 radical (unpaired) electrons. The van der Waals surface area contributed by atoms with Crippen molar-refractivity contribution >= 4 is 17.5 Å². The van der Waals surface area contributed by atoms with Gasteiger partial charge in [0.2, 0.25) is 5.91 Å². The van der Waals surface area contributed by atoms with Crippen molar-refractivity contribution in [2.45, 2.75) is 110 Å². The second kappa shape index (κ2) is 17.1. The molecule has 9 atom stereocenters. The Morgan fingerprint density at radius 1 is 1.07 bits per heavy atom. The Labute approximate surface area is 329 Å². The number of methoxy groups -OCH3 is 1. The second-order valence-corrected chi connectivity index (χ2v) is 18.1. The van der Waals surface area contributed by atoms with Crippen molar-refractivity contribution in [3.05, 3.63) is 47.5 Å². The van der Waals surface area contributed by atoms with Crippen LogP contribution in [0.1, 0.15) is 88.6 Å². The first kappa shape index (κ1) is 41.4. The lowest BCUT2D eigenvalue weighted by molar-refractivity contribution is -0.183. The summed E-state index contributed by atoms with van der Waals surface area (Å²) in [5.41, 5.74) is 4.17. The van der Waals surface area contributed by atoms with Crippen molar-refractivity contribution < 1.29 is 29.4 Å². The molecule has 4 aliphatic carbocycles. The predicted molar refractivity (Wildman–Crippen MR) is 217 cm³/mol. The largest absolute Gasteiger partial charge is 0.496 e. The van der Waals surface area contributed by atoms with E-state index in [0.717, 1.165) is 48.2 Å². The highest BCUT2D eigenvalue weighted by Gasteiger charge is 2.57. The molecule has 2 amide bonds. The fourth-order valence-electron chi connectivity index (χ4n) is 10.5. The van der Waals surface area contributed by atoms with E-state index < -0.39 is 24.2 Å². The maximum Gasteiger partial charge on any atom is 0.251 e. The average molecular weight is 762 g/mol. The zero-order valence-electron chi connectivity index (χ0n) is 34.7. The summed E-state index contributed by atoms with van der Waals surface area (Å²) < 4.78 is 6.12. The van der Waals surface area contributed by atoms with Gasteiger partial charge < -0.3 is 35.4 Å². The highest BCUT2D eigenvalue weighted by Crippen LogP contribution is 2.61. The van der Waals surface area contributed by atoms with Crippen LogP contribution in [0.25, 0.3) is 11.1 Å². The van der Waals surface area contributed by atoms with Gasteiger partial charge in [0.1, 0.15) is 17.9 Å². The number of nitrogens with zero attached hydrogens (tertiary/aromatic N) is 3. The van der Waals surface area contributed by atoms with Gasteiger partial charge in [0.05, 0.1) is 26.4 Å². The second-order valence-electron chi connectivity index (χ2n) is 18.1. The molecule has 7 rings (SSSR count). The smallest absolute Gasteiger partial charge is 0.251 e. The van der Waals surface area contributed by atoms with Crippen LogP contribution in [0.15, 0.2) is 36.4 Å². The van der Waals surface area contributed by atoms with Gasteiger partial charge in [-0.3, -0.25) is 14.4 Å². The third-order valence-corrected chi connectivity index (χ3v) is 13.8. The zero-order chi connectivity index (χ0) is 39.8. The van der Waals surface area contributed by atoms with Crippen LogP contribution in [-0.2, 0) is 16.2 Å². The third kappa shape index (κ3) is 8.56. The number of ether oxygens (including phenoxy) is 1. The van der Waals surface area contributed by atoms with Gasteiger partial charge in [-0.05, 0) is 99.6 Å². The Kier molecular flexibility index (Phi) is 12.9. The number of benzene rings is 2. The Morgan fingerprint density at radius 2 is 1.80 bits per heavy atom. The maximum absolute atomic E-state index is 14.3. The number of hydrogen-bond acceptors (Lipinski definition) is 9. The van der Waals surface area contributed by atoms with Gasteiger partial charge in [-0.25, -0.2) is 0 Å². The number of anilines is 1. The number of para-hydroxylation sites is 1. The van der Waals surface area contributed by atoms with E-state index in [9.17, 15) is 19.8 Å². The van der Waals surface area contributed by atoms with E-state index >= 15 is 0 Å². The molecule has 11 nitrogen and oxygen atoms in total. The van der Waals surface area contributed by atoms with Gasteiger partial charge in [-0.2, -0.15) is 5.06 Å². The van der Waals surface area contributed by atoms with Gasteiger partial charge in [-0.1, -0.05) is 58.2 Å². The van der Waals surface area contributed by atoms with E-state index in [0.29, 0.717) is 35.0 Å². The molecule has 11 heteroatoms. The summed E-state index contributed by atoms with van der Waals surface area (Å²) in [5, 5.41) is 29.8. The Hall–Kier alpha value is -3.22. The summed E-state index contributed by atoms with van der Waals surface area (Å²) in [4.78, 5) is 38.8. The Morgan fingerprint density at radius 3 is 2.40 bits per heavy atom. The molecule has 2 aromatic rings. The van der Waals surface area contributed by atoms with Crippen LogP contribution in [0.4, 0.5) is 5.69 Å². The van der Waals surface area contributed by atoms with Crippen LogP contribution in [0.3, 0.4) is 0 Å². The molecule has 4 N–H and O–H groups in total. The quantitative estimate of drug-likeness (QED) is 0.202. The fourth-order valence-corrected chi connectivity index (χ4v) is 10.5. The average Bonchev–Trinajstić information content (AvgIpc) is 3.53. The molecular formula is C44H67N5O6. The number of rotatable bonds is 14. The monoisotopic (exact) mass is 762 g/mol. The van der Waals surface area contributed by atoms with E-state index in [2.05, 4.69) is 56.5 Å². The highest BCUT2D eigenvalue weighted by atomic mass is 16.7. The number of fused-ring (bicyclic) bond motifs is 2. The van der Waals surface area contributed by atoms with E-state index in [1.165, 1.54) is 25.7 Å². The number of carbonyl (C=O) groups excluding carboxylic acids is 2. The van der Waals surface area contributed by atoms with E-state index in [4.69, 9.17) is 9.57 Å². The SMILES string of the molecule is COc1c(CN2O[C@@H](CO)[C@@H]([C@H](C)O)[C@H]2C(=O)N[C@H]2C[C@H]3C[C@@H]([C@@H]2C)C3(C)C)cccc1-c1cc(C(=O)N[C@H](CN(C)C)C2CCCCC2)cc(N(C)C)c1. The third-order valence-electron chi connectivity index (χ3n) is 13.8. The minimum Gasteiger partial charge on any atom is -0.496 e. The molecule has 2 bridgehead atoms. The number of nitrogens with one attached hydrogen (secondary N) is 2. The first-order valence-electron chi connectivity index (χ1n) is 20.6.